The number of anilines is 1. The van der Waals surface area contributed by atoms with Crippen molar-refractivity contribution in [2.24, 2.45) is 0 Å². The molecule has 0 unspecified atom stereocenters. The first-order chi connectivity index (χ1) is 14.2. The average Bonchev–Trinajstić information content (AvgIpc) is 2.69. The van der Waals surface area contributed by atoms with E-state index in [9.17, 15) is 19.7 Å². The number of nitrogens with zero attached hydrogens (tertiary/aromatic N) is 2. The number of rotatable bonds is 8. The van der Waals surface area contributed by atoms with Crippen LogP contribution in [-0.2, 0) is 4.79 Å². The maximum atomic E-state index is 12.8. The van der Waals surface area contributed by atoms with E-state index in [1.54, 1.807) is 13.0 Å². The normalized spacial score (nSPS) is 10.3. The number of halogens is 2. The highest BCUT2D eigenvalue weighted by molar-refractivity contribution is 6.42. The summed E-state index contributed by atoms with van der Waals surface area (Å²) in [5, 5.41) is 14.6. The van der Waals surface area contributed by atoms with Gasteiger partial charge in [-0.1, -0.05) is 23.2 Å². The molecule has 0 bridgehead atoms. The first kappa shape index (κ1) is 23.2. The molecule has 0 atom stereocenters. The van der Waals surface area contributed by atoms with Crippen molar-refractivity contribution in [2.45, 2.75) is 6.92 Å². The third-order valence-electron chi connectivity index (χ3n) is 3.94. The van der Waals surface area contributed by atoms with Crippen molar-refractivity contribution < 1.29 is 24.0 Å². The Morgan fingerprint density at radius 3 is 2.43 bits per heavy atom. The summed E-state index contributed by atoms with van der Waals surface area (Å²) in [7, 11) is 2.69. The molecular weight excluding hydrogens is 437 g/mol. The third-order valence-corrected chi connectivity index (χ3v) is 4.68. The summed E-state index contributed by atoms with van der Waals surface area (Å²) in [6, 6.07) is 6.88. The highest BCUT2D eigenvalue weighted by Gasteiger charge is 2.27. The van der Waals surface area contributed by atoms with E-state index < -0.39 is 22.4 Å². The predicted molar refractivity (Wildman–Crippen MR) is 113 cm³/mol. The van der Waals surface area contributed by atoms with Crippen LogP contribution < -0.4 is 14.8 Å². The molecule has 0 saturated heterocycles. The fourth-order valence-corrected chi connectivity index (χ4v) is 2.86. The van der Waals surface area contributed by atoms with Gasteiger partial charge in [0.1, 0.15) is 5.56 Å². The van der Waals surface area contributed by atoms with Crippen molar-refractivity contribution in [3.63, 3.8) is 0 Å². The van der Waals surface area contributed by atoms with Crippen molar-refractivity contribution in [1.82, 2.24) is 4.90 Å². The molecule has 0 fully saturated rings. The maximum Gasteiger partial charge on any atom is 0.286 e. The molecule has 0 aromatic heterocycles. The van der Waals surface area contributed by atoms with Crippen molar-refractivity contribution in [3.8, 4) is 11.5 Å². The van der Waals surface area contributed by atoms with Crippen molar-refractivity contribution in [3.05, 3.63) is 56.1 Å². The van der Waals surface area contributed by atoms with Crippen LogP contribution in [0.25, 0.3) is 0 Å². The molecule has 2 rings (SSSR count). The van der Waals surface area contributed by atoms with E-state index in [1.807, 2.05) is 0 Å². The lowest BCUT2D eigenvalue weighted by molar-refractivity contribution is -0.385. The molecule has 2 aromatic carbocycles. The predicted octanol–water partition coefficient (Wildman–Crippen LogP) is 4.02. The molecule has 0 aliphatic heterocycles. The first-order valence-corrected chi connectivity index (χ1v) is 9.43. The van der Waals surface area contributed by atoms with Crippen LogP contribution >= 0.6 is 23.2 Å². The van der Waals surface area contributed by atoms with Gasteiger partial charge < -0.3 is 19.7 Å². The van der Waals surface area contributed by atoms with Gasteiger partial charge in [-0.05, 0) is 25.1 Å². The van der Waals surface area contributed by atoms with Crippen molar-refractivity contribution >= 4 is 46.4 Å². The van der Waals surface area contributed by atoms with Gasteiger partial charge in [-0.3, -0.25) is 19.7 Å². The molecule has 0 aliphatic rings. The van der Waals surface area contributed by atoms with Crippen LogP contribution in [0.5, 0.6) is 11.5 Å². The molecule has 30 heavy (non-hydrogen) atoms. The summed E-state index contributed by atoms with van der Waals surface area (Å²) in [5.74, 6) is -0.942. The lowest BCUT2D eigenvalue weighted by Crippen LogP contribution is -2.35. The molecule has 0 aliphatic carbocycles. The number of nitrogens with one attached hydrogen (secondary N) is 1. The number of hydrogen-bond donors (Lipinski definition) is 1. The Kier molecular flexibility index (Phi) is 7.85. The Labute approximate surface area is 182 Å². The fourth-order valence-electron chi connectivity index (χ4n) is 2.57. The number of likely N-dealkylation sites (N-methyl/N-ethyl adjacent to an activating group) is 1. The van der Waals surface area contributed by atoms with Crippen LogP contribution in [0.1, 0.15) is 17.3 Å². The Morgan fingerprint density at radius 2 is 1.87 bits per heavy atom. The summed E-state index contributed by atoms with van der Waals surface area (Å²) >= 11 is 11.7. The fraction of sp³-hybridized carbons (Fsp3) is 0.263. The standard InChI is InChI=1S/C19H19Cl2N3O6/c1-4-30-17-8-12(15(24(27)28)9-16(17)29-3)19(26)23(2)10-18(25)22-11-5-6-13(20)14(21)7-11/h5-9H,4,10H2,1-3H3,(H,22,25). The SMILES string of the molecule is CCOc1cc(C(=O)N(C)CC(=O)Nc2ccc(Cl)c(Cl)c2)c([N+](=O)[O-])cc1OC. The number of amides is 2. The van der Waals surface area contributed by atoms with Gasteiger partial charge in [0.15, 0.2) is 11.5 Å². The molecule has 2 amide bonds. The van der Waals surface area contributed by atoms with Crippen LogP contribution in [0.4, 0.5) is 11.4 Å². The van der Waals surface area contributed by atoms with Crippen LogP contribution in [0.3, 0.4) is 0 Å². The summed E-state index contributed by atoms with van der Waals surface area (Å²) < 4.78 is 10.5. The Balaban J connectivity index is 2.23. The zero-order chi connectivity index (χ0) is 22.4. The van der Waals surface area contributed by atoms with E-state index >= 15 is 0 Å². The molecule has 11 heteroatoms. The quantitative estimate of drug-likeness (QED) is 0.475. The molecule has 0 radical (unpaired) electrons. The molecule has 9 nitrogen and oxygen atoms in total. The van der Waals surface area contributed by atoms with Gasteiger partial charge in [0.2, 0.25) is 5.91 Å². The summed E-state index contributed by atoms with van der Waals surface area (Å²) in [6.45, 7) is 1.64. The van der Waals surface area contributed by atoms with Crippen LogP contribution in [-0.4, -0.2) is 48.9 Å². The topological polar surface area (TPSA) is 111 Å². The molecule has 2 aromatic rings. The summed E-state index contributed by atoms with van der Waals surface area (Å²) in [4.78, 5) is 36.9. The zero-order valence-electron chi connectivity index (χ0n) is 16.4. The number of carbonyl (C=O) groups excluding carboxylic acids is 2. The zero-order valence-corrected chi connectivity index (χ0v) is 17.9. The monoisotopic (exact) mass is 455 g/mol. The van der Waals surface area contributed by atoms with Gasteiger partial charge >= 0.3 is 0 Å². The number of benzene rings is 2. The van der Waals surface area contributed by atoms with Gasteiger partial charge in [-0.2, -0.15) is 0 Å². The minimum Gasteiger partial charge on any atom is -0.493 e. The smallest absolute Gasteiger partial charge is 0.286 e. The summed E-state index contributed by atoms with van der Waals surface area (Å²) in [6.07, 6.45) is 0. The Morgan fingerprint density at radius 1 is 1.17 bits per heavy atom. The maximum absolute atomic E-state index is 12.8. The van der Waals surface area contributed by atoms with Crippen molar-refractivity contribution in [1.29, 1.82) is 0 Å². The Bertz CT molecular complexity index is 983. The minimum atomic E-state index is -0.727. The molecule has 0 spiro atoms. The molecule has 0 saturated carbocycles. The van der Waals surface area contributed by atoms with Gasteiger partial charge in [0.25, 0.3) is 11.6 Å². The van der Waals surface area contributed by atoms with Crippen LogP contribution in [0.15, 0.2) is 30.3 Å². The van der Waals surface area contributed by atoms with Gasteiger partial charge in [0, 0.05) is 18.8 Å². The van der Waals surface area contributed by atoms with Gasteiger partial charge in [-0.25, -0.2) is 0 Å². The number of nitro benzene ring substituents is 1. The minimum absolute atomic E-state index is 0.125. The van der Waals surface area contributed by atoms with E-state index in [2.05, 4.69) is 5.32 Å². The summed E-state index contributed by atoms with van der Waals surface area (Å²) in [5.41, 5.74) is -0.296. The largest absolute Gasteiger partial charge is 0.493 e. The third kappa shape index (κ3) is 5.52. The number of hydrogen-bond acceptors (Lipinski definition) is 6. The lowest BCUT2D eigenvalue weighted by Gasteiger charge is -2.18. The Hall–Kier alpha value is -3.04. The van der Waals surface area contributed by atoms with E-state index in [0.29, 0.717) is 10.7 Å². The average molecular weight is 456 g/mol. The molecular formula is C19H19Cl2N3O6. The van der Waals surface area contributed by atoms with E-state index in [0.717, 1.165) is 11.0 Å². The molecule has 160 valence electrons. The highest BCUT2D eigenvalue weighted by Crippen LogP contribution is 2.35. The van der Waals surface area contributed by atoms with Crippen molar-refractivity contribution in [2.75, 3.05) is 32.6 Å². The van der Waals surface area contributed by atoms with E-state index in [-0.39, 0.29) is 35.2 Å². The lowest BCUT2D eigenvalue weighted by atomic mass is 10.1. The molecule has 0 heterocycles. The van der Waals surface area contributed by atoms with Crippen LogP contribution in [0.2, 0.25) is 10.0 Å². The van der Waals surface area contributed by atoms with Crippen LogP contribution in [0, 0.1) is 10.1 Å². The van der Waals surface area contributed by atoms with Gasteiger partial charge in [0.05, 0.1) is 41.3 Å². The number of carbonyl (C=O) groups is 2. The molecule has 1 N–H and O–H groups in total. The van der Waals surface area contributed by atoms with E-state index in [1.165, 1.54) is 32.4 Å². The number of methoxy groups -OCH3 is 1. The second-order valence-corrected chi connectivity index (χ2v) is 6.86. The highest BCUT2D eigenvalue weighted by atomic mass is 35.5. The number of nitro groups is 1. The second-order valence-electron chi connectivity index (χ2n) is 6.05. The number of ether oxygens (including phenoxy) is 2. The van der Waals surface area contributed by atoms with Gasteiger partial charge in [-0.15, -0.1) is 0 Å². The first-order valence-electron chi connectivity index (χ1n) is 8.67. The second kappa shape index (κ2) is 10.1. The van der Waals surface area contributed by atoms with E-state index in [4.69, 9.17) is 32.7 Å².